The summed E-state index contributed by atoms with van der Waals surface area (Å²) < 4.78 is 33.9. The molecule has 0 spiro atoms. The van der Waals surface area contributed by atoms with E-state index in [1.165, 1.54) is 25.7 Å². The van der Waals surface area contributed by atoms with Crippen molar-refractivity contribution in [2.75, 3.05) is 12.4 Å². The second-order valence-corrected chi connectivity index (χ2v) is 8.43. The molecule has 2 aliphatic carbocycles. The van der Waals surface area contributed by atoms with Gasteiger partial charge in [-0.05, 0) is 73.8 Å². The molecule has 1 nitrogen and oxygen atoms in total. The van der Waals surface area contributed by atoms with Gasteiger partial charge in [-0.15, -0.1) is 0 Å². The van der Waals surface area contributed by atoms with Crippen molar-refractivity contribution in [1.29, 1.82) is 0 Å². The summed E-state index contributed by atoms with van der Waals surface area (Å²) in [5, 5.41) is 0. The van der Waals surface area contributed by atoms with Crippen LogP contribution in [0.2, 0.25) is 0 Å². The van der Waals surface area contributed by atoms with Gasteiger partial charge in [-0.2, -0.15) is 17.0 Å². The van der Waals surface area contributed by atoms with Crippen LogP contribution in [0.25, 0.3) is 0 Å². The molecule has 2 saturated carbocycles. The molecule has 1 aromatic carbocycles. The van der Waals surface area contributed by atoms with E-state index < -0.39 is 11.6 Å². The fourth-order valence-corrected chi connectivity index (χ4v) is 4.88. The highest BCUT2D eigenvalue weighted by Crippen LogP contribution is 2.44. The van der Waals surface area contributed by atoms with Crippen LogP contribution >= 0.6 is 12.6 Å². The highest BCUT2D eigenvalue weighted by atomic mass is 32.1. The summed E-state index contributed by atoms with van der Waals surface area (Å²) in [6.45, 7) is 2.64. The molecule has 2 fully saturated rings. The molecule has 4 heteroatoms. The van der Waals surface area contributed by atoms with Crippen molar-refractivity contribution < 1.29 is 13.5 Å². The third-order valence-electron chi connectivity index (χ3n) is 6.36. The van der Waals surface area contributed by atoms with Gasteiger partial charge in [0, 0.05) is 5.75 Å². The number of halogens is 2. The van der Waals surface area contributed by atoms with Gasteiger partial charge < -0.3 is 4.74 Å². The van der Waals surface area contributed by atoms with Crippen molar-refractivity contribution in [3.05, 3.63) is 29.3 Å². The minimum Gasteiger partial charge on any atom is -0.490 e. The molecule has 2 aliphatic rings. The molecule has 0 bridgehead atoms. The Labute approximate surface area is 155 Å². The Morgan fingerprint density at radius 2 is 1.52 bits per heavy atom. The zero-order chi connectivity index (χ0) is 17.8. The monoisotopic (exact) mass is 368 g/mol. The van der Waals surface area contributed by atoms with Crippen LogP contribution in [-0.2, 0) is 0 Å². The van der Waals surface area contributed by atoms with Crippen molar-refractivity contribution in [2.45, 2.75) is 64.2 Å². The van der Waals surface area contributed by atoms with Crippen molar-refractivity contribution >= 4 is 12.6 Å². The first kappa shape index (κ1) is 19.0. The van der Waals surface area contributed by atoms with Gasteiger partial charge in [0.05, 0.1) is 6.61 Å². The number of rotatable bonds is 5. The number of hydrogen-bond donors (Lipinski definition) is 1. The van der Waals surface area contributed by atoms with Gasteiger partial charge in [-0.3, -0.25) is 0 Å². The van der Waals surface area contributed by atoms with Crippen LogP contribution in [-0.4, -0.2) is 12.4 Å². The van der Waals surface area contributed by atoms with E-state index in [1.807, 2.05) is 0 Å². The number of hydrogen-bond acceptors (Lipinski definition) is 2. The van der Waals surface area contributed by atoms with Gasteiger partial charge in [0.1, 0.15) is 0 Å². The SMILES string of the molecule is CC1CCC(C2CCC(c3ccc(OCCS)c(F)c3F)CC2)CC1. The third kappa shape index (κ3) is 4.50. The topological polar surface area (TPSA) is 9.23 Å². The predicted octanol–water partition coefficient (Wildman–Crippen LogP) is 6.37. The average molecular weight is 369 g/mol. The normalized spacial score (nSPS) is 30.2. The van der Waals surface area contributed by atoms with E-state index in [0.29, 0.717) is 11.3 Å². The summed E-state index contributed by atoms with van der Waals surface area (Å²) in [7, 11) is 0. The lowest BCUT2D eigenvalue weighted by atomic mass is 9.68. The van der Waals surface area contributed by atoms with Crippen LogP contribution in [0.1, 0.15) is 69.8 Å². The minimum absolute atomic E-state index is 0.000288. The highest BCUT2D eigenvalue weighted by molar-refractivity contribution is 7.80. The second kappa shape index (κ2) is 8.75. The van der Waals surface area contributed by atoms with E-state index in [0.717, 1.165) is 43.4 Å². The van der Waals surface area contributed by atoms with Crippen LogP contribution < -0.4 is 4.74 Å². The van der Waals surface area contributed by atoms with Gasteiger partial charge in [-0.1, -0.05) is 25.8 Å². The first-order valence-electron chi connectivity index (χ1n) is 9.81. The van der Waals surface area contributed by atoms with Crippen LogP contribution in [0.15, 0.2) is 12.1 Å². The molecule has 0 saturated heterocycles. The summed E-state index contributed by atoms with van der Waals surface area (Å²) in [4.78, 5) is 0. The molecule has 1 aromatic rings. The second-order valence-electron chi connectivity index (χ2n) is 7.98. The minimum atomic E-state index is -0.845. The lowest BCUT2D eigenvalue weighted by Crippen LogP contribution is -2.25. The largest absolute Gasteiger partial charge is 0.490 e. The molecule has 0 heterocycles. The van der Waals surface area contributed by atoms with Gasteiger partial charge >= 0.3 is 0 Å². The molecule has 0 N–H and O–H groups in total. The molecule has 0 amide bonds. The van der Waals surface area contributed by atoms with E-state index in [2.05, 4.69) is 19.6 Å². The summed E-state index contributed by atoms with van der Waals surface area (Å²) in [5.74, 6) is 1.59. The fourth-order valence-electron chi connectivity index (χ4n) is 4.79. The molecule has 0 radical (unpaired) electrons. The molecular formula is C21H30F2OS. The Morgan fingerprint density at radius 1 is 0.920 bits per heavy atom. The van der Waals surface area contributed by atoms with Crippen LogP contribution in [0.3, 0.4) is 0 Å². The predicted molar refractivity (Wildman–Crippen MR) is 102 cm³/mol. The highest BCUT2D eigenvalue weighted by Gasteiger charge is 2.32. The van der Waals surface area contributed by atoms with E-state index in [-0.39, 0.29) is 18.3 Å². The quantitative estimate of drug-likeness (QED) is 0.594. The van der Waals surface area contributed by atoms with Crippen molar-refractivity contribution in [2.24, 2.45) is 17.8 Å². The number of ether oxygens (including phenoxy) is 1. The molecule has 0 aromatic heterocycles. The van der Waals surface area contributed by atoms with Gasteiger partial charge in [0.2, 0.25) is 5.82 Å². The lowest BCUT2D eigenvalue weighted by molar-refractivity contribution is 0.164. The fraction of sp³-hybridized carbons (Fsp3) is 0.714. The molecule has 25 heavy (non-hydrogen) atoms. The summed E-state index contributed by atoms with van der Waals surface area (Å²) in [5.41, 5.74) is 0.534. The average Bonchev–Trinajstić information content (AvgIpc) is 2.64. The summed E-state index contributed by atoms with van der Waals surface area (Å²) >= 11 is 4.03. The van der Waals surface area contributed by atoms with Gasteiger partial charge in [-0.25, -0.2) is 4.39 Å². The van der Waals surface area contributed by atoms with Crippen molar-refractivity contribution in [3.63, 3.8) is 0 Å². The molecule has 140 valence electrons. The first-order chi connectivity index (χ1) is 12.1. The molecule has 0 unspecified atom stereocenters. The van der Waals surface area contributed by atoms with E-state index in [4.69, 9.17) is 4.74 Å². The molecule has 0 aliphatic heterocycles. The third-order valence-corrected chi connectivity index (χ3v) is 6.55. The van der Waals surface area contributed by atoms with Gasteiger partial charge in [0.15, 0.2) is 11.6 Å². The smallest absolute Gasteiger partial charge is 0.200 e. The Kier molecular flexibility index (Phi) is 6.65. The summed E-state index contributed by atoms with van der Waals surface area (Å²) in [6, 6.07) is 3.30. The standard InChI is InChI=1S/C21H30F2OS/c1-14-2-4-15(5-3-14)16-6-8-17(9-7-16)18-10-11-19(24-12-13-25)21(23)20(18)22/h10-11,14-17,25H,2-9,12-13H2,1H3. The molecule has 3 rings (SSSR count). The van der Waals surface area contributed by atoms with Crippen molar-refractivity contribution in [3.8, 4) is 5.75 Å². The maximum atomic E-state index is 14.5. The van der Waals surface area contributed by atoms with Crippen molar-refractivity contribution in [1.82, 2.24) is 0 Å². The first-order valence-corrected chi connectivity index (χ1v) is 10.4. The summed E-state index contributed by atoms with van der Waals surface area (Å²) in [6.07, 6.45) is 9.70. The zero-order valence-electron chi connectivity index (χ0n) is 15.1. The maximum Gasteiger partial charge on any atom is 0.200 e. The van der Waals surface area contributed by atoms with E-state index in [9.17, 15) is 8.78 Å². The number of thiol groups is 1. The molecular weight excluding hydrogens is 338 g/mol. The zero-order valence-corrected chi connectivity index (χ0v) is 16.0. The van der Waals surface area contributed by atoms with Crippen LogP contribution in [0.5, 0.6) is 5.75 Å². The van der Waals surface area contributed by atoms with Crippen LogP contribution in [0, 0.1) is 29.4 Å². The van der Waals surface area contributed by atoms with E-state index >= 15 is 0 Å². The van der Waals surface area contributed by atoms with E-state index in [1.54, 1.807) is 12.1 Å². The molecule has 0 atom stereocenters. The Morgan fingerprint density at radius 3 is 2.12 bits per heavy atom. The van der Waals surface area contributed by atoms with Gasteiger partial charge in [0.25, 0.3) is 0 Å². The lowest BCUT2D eigenvalue weighted by Gasteiger charge is -2.37. The Balaban J connectivity index is 1.60. The number of benzene rings is 1. The Hall–Kier alpha value is -0.770. The van der Waals surface area contributed by atoms with Crippen LogP contribution in [0.4, 0.5) is 8.78 Å². The Bertz CT molecular complexity index is 561. The maximum absolute atomic E-state index is 14.5.